The molecule has 1 aliphatic rings. The van der Waals surface area contributed by atoms with E-state index in [1.54, 1.807) is 14.2 Å². The monoisotopic (exact) mass is 368 g/mol. The molecule has 1 amide bonds. The van der Waals surface area contributed by atoms with Crippen molar-refractivity contribution in [3.05, 3.63) is 53.1 Å². The number of amides is 1. The van der Waals surface area contributed by atoms with Gasteiger partial charge in [0.1, 0.15) is 0 Å². The molecular formula is C22H28N2O3. The lowest BCUT2D eigenvalue weighted by molar-refractivity contribution is -0.130. The Morgan fingerprint density at radius 2 is 1.59 bits per heavy atom. The lowest BCUT2D eigenvalue weighted by Gasteiger charge is -2.36. The zero-order chi connectivity index (χ0) is 19.4. The van der Waals surface area contributed by atoms with Crippen LogP contribution >= 0.6 is 0 Å². The Balaban J connectivity index is 1.59. The van der Waals surface area contributed by atoms with Crippen molar-refractivity contribution in [3.63, 3.8) is 0 Å². The Morgan fingerprint density at radius 3 is 2.22 bits per heavy atom. The highest BCUT2D eigenvalue weighted by molar-refractivity contribution is 5.79. The van der Waals surface area contributed by atoms with E-state index in [1.807, 2.05) is 23.1 Å². The topological polar surface area (TPSA) is 42.0 Å². The summed E-state index contributed by atoms with van der Waals surface area (Å²) in [7, 11) is 3.22. The van der Waals surface area contributed by atoms with Crippen molar-refractivity contribution in [2.45, 2.75) is 20.3 Å². The Labute approximate surface area is 161 Å². The van der Waals surface area contributed by atoms with Crippen LogP contribution in [0.25, 0.3) is 0 Å². The first-order valence-electron chi connectivity index (χ1n) is 9.32. The van der Waals surface area contributed by atoms with Crippen molar-refractivity contribution in [3.8, 4) is 11.5 Å². The fraction of sp³-hybridized carbons (Fsp3) is 0.409. The Kier molecular flexibility index (Phi) is 5.89. The number of carbonyl (C=O) groups is 1. The number of anilines is 1. The molecule has 5 heteroatoms. The molecule has 2 aromatic carbocycles. The number of methoxy groups -OCH3 is 2. The molecule has 1 aliphatic heterocycles. The number of carbonyl (C=O) groups excluding carboxylic acids is 1. The SMILES string of the molecule is COc1ccc(CC(=O)N2CCN(c3ccc(C)c(C)c3)CC2)cc1OC. The normalized spacial score (nSPS) is 14.2. The molecular weight excluding hydrogens is 340 g/mol. The number of rotatable bonds is 5. The lowest BCUT2D eigenvalue weighted by Crippen LogP contribution is -2.49. The number of hydrogen-bond donors (Lipinski definition) is 0. The molecule has 27 heavy (non-hydrogen) atoms. The van der Waals surface area contributed by atoms with Crippen LogP contribution in [0.15, 0.2) is 36.4 Å². The van der Waals surface area contributed by atoms with Gasteiger partial charge in [-0.2, -0.15) is 0 Å². The van der Waals surface area contributed by atoms with Crippen molar-refractivity contribution in [1.29, 1.82) is 0 Å². The number of benzene rings is 2. The second kappa shape index (κ2) is 8.33. The molecule has 144 valence electrons. The molecule has 0 unspecified atom stereocenters. The van der Waals surface area contributed by atoms with E-state index in [0.717, 1.165) is 31.7 Å². The Morgan fingerprint density at radius 1 is 0.889 bits per heavy atom. The van der Waals surface area contributed by atoms with Crippen LogP contribution in [-0.2, 0) is 11.2 Å². The van der Waals surface area contributed by atoms with Gasteiger partial charge in [0.25, 0.3) is 0 Å². The molecule has 2 aromatic rings. The van der Waals surface area contributed by atoms with Crippen molar-refractivity contribution in [1.82, 2.24) is 4.90 Å². The molecule has 0 aromatic heterocycles. The quantitative estimate of drug-likeness (QED) is 0.813. The molecule has 0 bridgehead atoms. The maximum atomic E-state index is 12.7. The van der Waals surface area contributed by atoms with E-state index in [0.29, 0.717) is 17.9 Å². The highest BCUT2D eigenvalue weighted by Gasteiger charge is 2.22. The Bertz CT molecular complexity index is 811. The fourth-order valence-corrected chi connectivity index (χ4v) is 3.41. The molecule has 0 atom stereocenters. The van der Waals surface area contributed by atoms with E-state index in [1.165, 1.54) is 16.8 Å². The molecule has 0 spiro atoms. The van der Waals surface area contributed by atoms with E-state index in [4.69, 9.17) is 9.47 Å². The highest BCUT2D eigenvalue weighted by Crippen LogP contribution is 2.28. The van der Waals surface area contributed by atoms with Crippen LogP contribution < -0.4 is 14.4 Å². The smallest absolute Gasteiger partial charge is 0.227 e. The van der Waals surface area contributed by atoms with Gasteiger partial charge < -0.3 is 19.3 Å². The second-order valence-corrected chi connectivity index (χ2v) is 7.00. The predicted molar refractivity (Wildman–Crippen MR) is 108 cm³/mol. The van der Waals surface area contributed by atoms with Crippen molar-refractivity contribution < 1.29 is 14.3 Å². The molecule has 1 heterocycles. The zero-order valence-electron chi connectivity index (χ0n) is 16.6. The standard InChI is InChI=1S/C22H28N2O3/c1-16-5-7-19(13-17(16)2)23-9-11-24(12-10-23)22(25)15-18-6-8-20(26-3)21(14-18)27-4/h5-8,13-14H,9-12,15H2,1-4H3. The van der Waals surface area contributed by atoms with Gasteiger partial charge in [-0.1, -0.05) is 12.1 Å². The molecule has 5 nitrogen and oxygen atoms in total. The lowest BCUT2D eigenvalue weighted by atomic mass is 10.1. The molecule has 0 aliphatic carbocycles. The minimum atomic E-state index is 0.155. The number of nitrogens with zero attached hydrogens (tertiary/aromatic N) is 2. The molecule has 3 rings (SSSR count). The molecule has 1 fully saturated rings. The average Bonchev–Trinajstić information content (AvgIpc) is 2.70. The maximum Gasteiger partial charge on any atom is 0.227 e. The van der Waals surface area contributed by atoms with Gasteiger partial charge in [-0.05, 0) is 54.8 Å². The first-order valence-corrected chi connectivity index (χ1v) is 9.32. The van der Waals surface area contributed by atoms with Crippen molar-refractivity contribution in [2.75, 3.05) is 45.3 Å². The summed E-state index contributed by atoms with van der Waals surface area (Å²) < 4.78 is 10.6. The largest absolute Gasteiger partial charge is 0.493 e. The summed E-state index contributed by atoms with van der Waals surface area (Å²) in [5, 5.41) is 0. The second-order valence-electron chi connectivity index (χ2n) is 7.00. The third kappa shape index (κ3) is 4.35. The summed E-state index contributed by atoms with van der Waals surface area (Å²) in [6.07, 6.45) is 0.379. The Hall–Kier alpha value is -2.69. The summed E-state index contributed by atoms with van der Waals surface area (Å²) in [5.41, 5.74) is 4.79. The van der Waals surface area contributed by atoms with E-state index in [9.17, 15) is 4.79 Å². The predicted octanol–water partition coefficient (Wildman–Crippen LogP) is 3.21. The zero-order valence-corrected chi connectivity index (χ0v) is 16.6. The van der Waals surface area contributed by atoms with Gasteiger partial charge in [0.05, 0.1) is 20.6 Å². The summed E-state index contributed by atoms with van der Waals surface area (Å²) in [6, 6.07) is 12.2. The van der Waals surface area contributed by atoms with Crippen LogP contribution in [0, 0.1) is 13.8 Å². The number of piperazine rings is 1. The van der Waals surface area contributed by atoms with Crippen LogP contribution in [-0.4, -0.2) is 51.2 Å². The molecule has 0 radical (unpaired) electrons. The van der Waals surface area contributed by atoms with Gasteiger partial charge in [0.15, 0.2) is 11.5 Å². The number of aryl methyl sites for hydroxylation is 2. The van der Waals surface area contributed by atoms with Gasteiger partial charge in [-0.15, -0.1) is 0 Å². The van der Waals surface area contributed by atoms with Crippen LogP contribution in [0.1, 0.15) is 16.7 Å². The van der Waals surface area contributed by atoms with Crippen LogP contribution in [0.2, 0.25) is 0 Å². The van der Waals surface area contributed by atoms with E-state index >= 15 is 0 Å². The van der Waals surface area contributed by atoms with Gasteiger partial charge in [0, 0.05) is 31.9 Å². The van der Waals surface area contributed by atoms with Crippen molar-refractivity contribution >= 4 is 11.6 Å². The fourth-order valence-electron chi connectivity index (χ4n) is 3.41. The van der Waals surface area contributed by atoms with Crippen LogP contribution in [0.3, 0.4) is 0 Å². The summed E-state index contributed by atoms with van der Waals surface area (Å²) >= 11 is 0. The van der Waals surface area contributed by atoms with Gasteiger partial charge in [0.2, 0.25) is 5.91 Å². The summed E-state index contributed by atoms with van der Waals surface area (Å²) in [4.78, 5) is 17.0. The van der Waals surface area contributed by atoms with Crippen molar-refractivity contribution in [2.24, 2.45) is 0 Å². The number of hydrogen-bond acceptors (Lipinski definition) is 4. The summed E-state index contributed by atoms with van der Waals surface area (Å²) in [6.45, 7) is 7.49. The molecule has 0 saturated carbocycles. The number of ether oxygens (including phenoxy) is 2. The van der Waals surface area contributed by atoms with E-state index < -0.39 is 0 Å². The first-order chi connectivity index (χ1) is 13.0. The third-order valence-electron chi connectivity index (χ3n) is 5.29. The van der Waals surface area contributed by atoms with E-state index in [2.05, 4.69) is 36.9 Å². The third-order valence-corrected chi connectivity index (χ3v) is 5.29. The van der Waals surface area contributed by atoms with Crippen LogP contribution in [0.4, 0.5) is 5.69 Å². The highest BCUT2D eigenvalue weighted by atomic mass is 16.5. The van der Waals surface area contributed by atoms with Gasteiger partial charge in [-0.3, -0.25) is 4.79 Å². The first kappa shape index (κ1) is 19.1. The van der Waals surface area contributed by atoms with Crippen LogP contribution in [0.5, 0.6) is 11.5 Å². The minimum absolute atomic E-state index is 0.155. The van der Waals surface area contributed by atoms with E-state index in [-0.39, 0.29) is 5.91 Å². The maximum absolute atomic E-state index is 12.7. The summed E-state index contributed by atoms with van der Waals surface area (Å²) in [5.74, 6) is 1.49. The minimum Gasteiger partial charge on any atom is -0.493 e. The van der Waals surface area contributed by atoms with Gasteiger partial charge in [-0.25, -0.2) is 0 Å². The van der Waals surface area contributed by atoms with Gasteiger partial charge >= 0.3 is 0 Å². The molecule has 1 saturated heterocycles. The average molecular weight is 368 g/mol. The molecule has 0 N–H and O–H groups in total.